The SMILES string of the molecule is O=S(=O)(Cl)c1c[nH]c2ccsc12. The first-order valence-electron chi connectivity index (χ1n) is 3.08. The molecule has 0 spiro atoms. The molecule has 0 aliphatic carbocycles. The molecule has 6 heteroatoms. The van der Waals surface area contributed by atoms with Crippen molar-refractivity contribution in [3.05, 3.63) is 17.6 Å². The van der Waals surface area contributed by atoms with Crippen molar-refractivity contribution < 1.29 is 8.42 Å². The maximum absolute atomic E-state index is 11.0. The van der Waals surface area contributed by atoms with Crippen LogP contribution in [0.4, 0.5) is 0 Å². The molecule has 1 N–H and O–H groups in total. The van der Waals surface area contributed by atoms with E-state index in [1.54, 1.807) is 0 Å². The second kappa shape index (κ2) is 2.48. The van der Waals surface area contributed by atoms with Crippen LogP contribution in [0.5, 0.6) is 0 Å². The summed E-state index contributed by atoms with van der Waals surface area (Å²) in [5.41, 5.74) is 0.805. The lowest BCUT2D eigenvalue weighted by Crippen LogP contribution is -1.85. The first-order chi connectivity index (χ1) is 5.59. The van der Waals surface area contributed by atoms with Crippen LogP contribution in [-0.4, -0.2) is 13.4 Å². The number of thiophene rings is 1. The van der Waals surface area contributed by atoms with Crippen molar-refractivity contribution in [2.45, 2.75) is 4.90 Å². The number of aromatic nitrogens is 1. The third kappa shape index (κ3) is 1.14. The van der Waals surface area contributed by atoms with Gasteiger partial charge in [-0.2, -0.15) is 0 Å². The van der Waals surface area contributed by atoms with Crippen LogP contribution in [0, 0.1) is 0 Å². The summed E-state index contributed by atoms with van der Waals surface area (Å²) in [5, 5.41) is 1.81. The van der Waals surface area contributed by atoms with Gasteiger partial charge in [-0.15, -0.1) is 11.3 Å². The molecule has 0 aromatic carbocycles. The zero-order valence-corrected chi connectivity index (χ0v) is 8.13. The number of hydrogen-bond donors (Lipinski definition) is 1. The van der Waals surface area contributed by atoms with Gasteiger partial charge in [-0.1, -0.05) is 0 Å². The van der Waals surface area contributed by atoms with Crippen LogP contribution in [0.25, 0.3) is 10.2 Å². The largest absolute Gasteiger partial charge is 0.359 e. The molecule has 2 aromatic rings. The molecule has 0 bridgehead atoms. The van der Waals surface area contributed by atoms with Gasteiger partial charge in [0.1, 0.15) is 4.90 Å². The summed E-state index contributed by atoms with van der Waals surface area (Å²) in [7, 11) is 1.59. The Bertz CT molecular complexity index is 510. The predicted molar refractivity (Wildman–Crippen MR) is 49.2 cm³/mol. The number of hydrogen-bond acceptors (Lipinski definition) is 3. The van der Waals surface area contributed by atoms with E-state index in [0.29, 0.717) is 4.70 Å². The minimum absolute atomic E-state index is 0.161. The van der Waals surface area contributed by atoms with Gasteiger partial charge in [0.15, 0.2) is 0 Å². The lowest BCUT2D eigenvalue weighted by Gasteiger charge is -1.86. The lowest BCUT2D eigenvalue weighted by molar-refractivity contribution is 0.610. The number of fused-ring (bicyclic) bond motifs is 1. The number of H-pyrrole nitrogens is 1. The van der Waals surface area contributed by atoms with Crippen LogP contribution >= 0.6 is 22.0 Å². The molecule has 0 saturated carbocycles. The summed E-state index contributed by atoms with van der Waals surface area (Å²) in [4.78, 5) is 2.98. The maximum atomic E-state index is 11.0. The zero-order valence-electron chi connectivity index (χ0n) is 5.74. The zero-order chi connectivity index (χ0) is 8.77. The Morgan fingerprint density at radius 1 is 1.50 bits per heavy atom. The molecule has 0 radical (unpaired) electrons. The Labute approximate surface area is 77.4 Å². The Morgan fingerprint density at radius 3 is 2.92 bits per heavy atom. The van der Waals surface area contributed by atoms with Gasteiger partial charge < -0.3 is 4.98 Å². The highest BCUT2D eigenvalue weighted by molar-refractivity contribution is 8.14. The van der Waals surface area contributed by atoms with Gasteiger partial charge in [-0.3, -0.25) is 0 Å². The molecule has 0 fully saturated rings. The molecule has 64 valence electrons. The van der Waals surface area contributed by atoms with E-state index in [-0.39, 0.29) is 4.90 Å². The van der Waals surface area contributed by atoms with Gasteiger partial charge >= 0.3 is 0 Å². The fraction of sp³-hybridized carbons (Fsp3) is 0. The third-order valence-corrected chi connectivity index (χ3v) is 3.93. The van der Waals surface area contributed by atoms with Gasteiger partial charge in [0, 0.05) is 16.9 Å². The minimum Gasteiger partial charge on any atom is -0.359 e. The molecule has 0 saturated heterocycles. The molecule has 3 nitrogen and oxygen atoms in total. The van der Waals surface area contributed by atoms with E-state index >= 15 is 0 Å². The predicted octanol–water partition coefficient (Wildman–Crippen LogP) is 2.16. The highest BCUT2D eigenvalue weighted by Gasteiger charge is 2.16. The molecule has 0 aliphatic heterocycles. The average Bonchev–Trinajstić information content (AvgIpc) is 2.37. The smallest absolute Gasteiger partial charge is 0.264 e. The van der Waals surface area contributed by atoms with Crippen LogP contribution < -0.4 is 0 Å². The Morgan fingerprint density at radius 2 is 2.25 bits per heavy atom. The monoisotopic (exact) mass is 221 g/mol. The summed E-state index contributed by atoms with van der Waals surface area (Å²) in [6, 6.07) is 1.81. The Kier molecular flexibility index (Phi) is 1.67. The topological polar surface area (TPSA) is 49.9 Å². The molecule has 0 amide bonds. The molecule has 12 heavy (non-hydrogen) atoms. The van der Waals surface area contributed by atoms with Crippen molar-refractivity contribution in [3.63, 3.8) is 0 Å². The summed E-state index contributed by atoms with van der Waals surface area (Å²) < 4.78 is 22.6. The average molecular weight is 222 g/mol. The second-order valence-electron chi connectivity index (χ2n) is 2.25. The van der Waals surface area contributed by atoms with Crippen molar-refractivity contribution in [2.75, 3.05) is 0 Å². The minimum atomic E-state index is -3.60. The lowest BCUT2D eigenvalue weighted by atomic mass is 10.5. The number of halogens is 1. The van der Waals surface area contributed by atoms with Crippen molar-refractivity contribution >= 4 is 41.3 Å². The van der Waals surface area contributed by atoms with Crippen LogP contribution in [0.2, 0.25) is 0 Å². The molecule has 2 aromatic heterocycles. The number of nitrogens with one attached hydrogen (secondary N) is 1. The third-order valence-electron chi connectivity index (χ3n) is 1.51. The van der Waals surface area contributed by atoms with E-state index in [1.165, 1.54) is 17.5 Å². The highest BCUT2D eigenvalue weighted by atomic mass is 35.7. The summed E-state index contributed by atoms with van der Waals surface area (Å²) in [5.74, 6) is 0. The van der Waals surface area contributed by atoms with E-state index in [0.717, 1.165) is 5.52 Å². The number of aromatic amines is 1. The fourth-order valence-electron chi connectivity index (χ4n) is 1.00. The molecular formula is C6H4ClNO2S2. The van der Waals surface area contributed by atoms with Crippen molar-refractivity contribution in [2.24, 2.45) is 0 Å². The standard InChI is InChI=1S/C6H4ClNO2S2/c7-12(9,10)5-3-8-4-1-2-11-6(4)5/h1-3,8H. The normalized spacial score (nSPS) is 12.4. The summed E-state index contributed by atoms with van der Waals surface area (Å²) in [6.45, 7) is 0. The molecular weight excluding hydrogens is 218 g/mol. The van der Waals surface area contributed by atoms with E-state index in [9.17, 15) is 8.42 Å². The van der Waals surface area contributed by atoms with Gasteiger partial charge in [0.25, 0.3) is 9.05 Å². The second-order valence-corrected chi connectivity index (χ2v) is 5.70. The number of rotatable bonds is 1. The highest BCUT2D eigenvalue weighted by Crippen LogP contribution is 2.29. The van der Waals surface area contributed by atoms with Crippen LogP contribution in [-0.2, 0) is 9.05 Å². The van der Waals surface area contributed by atoms with Crippen molar-refractivity contribution in [1.82, 2.24) is 4.98 Å². The maximum Gasteiger partial charge on any atom is 0.264 e. The van der Waals surface area contributed by atoms with Crippen LogP contribution in [0.15, 0.2) is 22.5 Å². The Hall–Kier alpha value is -0.520. The molecule has 2 heterocycles. The molecule has 0 aliphatic rings. The Balaban J connectivity index is 2.87. The first-order valence-corrected chi connectivity index (χ1v) is 6.27. The van der Waals surface area contributed by atoms with E-state index in [1.807, 2.05) is 11.4 Å². The van der Waals surface area contributed by atoms with Gasteiger partial charge in [-0.05, 0) is 11.4 Å². The van der Waals surface area contributed by atoms with Gasteiger partial charge in [0.2, 0.25) is 0 Å². The quantitative estimate of drug-likeness (QED) is 0.751. The summed E-state index contributed by atoms with van der Waals surface area (Å²) >= 11 is 1.35. The van der Waals surface area contributed by atoms with E-state index in [2.05, 4.69) is 4.98 Å². The van der Waals surface area contributed by atoms with Gasteiger partial charge in [-0.25, -0.2) is 8.42 Å². The molecule has 2 rings (SSSR count). The van der Waals surface area contributed by atoms with Crippen molar-refractivity contribution in [3.8, 4) is 0 Å². The summed E-state index contributed by atoms with van der Waals surface area (Å²) in [6.07, 6.45) is 1.41. The molecule has 0 unspecified atom stereocenters. The molecule has 0 atom stereocenters. The van der Waals surface area contributed by atoms with Gasteiger partial charge in [0.05, 0.1) is 10.2 Å². The fourth-order valence-corrected chi connectivity index (χ4v) is 3.28. The van der Waals surface area contributed by atoms with Crippen molar-refractivity contribution in [1.29, 1.82) is 0 Å². The first kappa shape index (κ1) is 8.10. The van der Waals surface area contributed by atoms with Crippen LogP contribution in [0.1, 0.15) is 0 Å². The van der Waals surface area contributed by atoms with E-state index < -0.39 is 9.05 Å². The van der Waals surface area contributed by atoms with E-state index in [4.69, 9.17) is 10.7 Å². The van der Waals surface area contributed by atoms with Crippen LogP contribution in [0.3, 0.4) is 0 Å².